The smallest absolute Gasteiger partial charge is 0.378 e. The summed E-state index contributed by atoms with van der Waals surface area (Å²) in [5.41, 5.74) is -0.945. The molecule has 0 aromatic rings. The number of alkyl halides is 3. The van der Waals surface area contributed by atoms with Crippen molar-refractivity contribution in [1.29, 1.82) is 0 Å². The maximum absolute atomic E-state index is 13.2. The molecule has 1 heterocycles. The molecule has 152 valence electrons. The van der Waals surface area contributed by atoms with Gasteiger partial charge in [-0.3, -0.25) is 9.98 Å². The summed E-state index contributed by atoms with van der Waals surface area (Å²) in [6, 6.07) is -0.0322. The zero-order chi connectivity index (χ0) is 20.1. The van der Waals surface area contributed by atoms with E-state index >= 15 is 0 Å². The Labute approximate surface area is 161 Å². The van der Waals surface area contributed by atoms with E-state index in [4.69, 9.17) is 4.74 Å². The number of thioether (sulfide) groups is 1. The second-order valence-corrected chi connectivity index (χ2v) is 6.55. The van der Waals surface area contributed by atoms with Crippen LogP contribution in [0.2, 0.25) is 0 Å². The molecular weight excluding hydrogens is 381 g/mol. The molecule has 2 unspecified atom stereocenters. The maximum atomic E-state index is 13.2. The Morgan fingerprint density at radius 3 is 2.78 bits per heavy atom. The number of ether oxygens (including phenoxy) is 1. The predicted octanol–water partition coefficient (Wildman–Crippen LogP) is 2.19. The third-order valence-corrected chi connectivity index (χ3v) is 3.95. The van der Waals surface area contributed by atoms with Gasteiger partial charge in [-0.2, -0.15) is 13.2 Å². The number of hydrogen-bond donors (Lipinski definition) is 2. The van der Waals surface area contributed by atoms with Crippen LogP contribution >= 0.6 is 11.8 Å². The zero-order valence-electron chi connectivity index (χ0n) is 15.2. The van der Waals surface area contributed by atoms with E-state index in [0.29, 0.717) is 38.9 Å². The zero-order valence-corrected chi connectivity index (χ0v) is 16.0. The van der Waals surface area contributed by atoms with Crippen molar-refractivity contribution in [2.75, 3.05) is 38.4 Å². The van der Waals surface area contributed by atoms with Gasteiger partial charge in [0, 0.05) is 18.8 Å². The highest BCUT2D eigenvalue weighted by Gasteiger charge is 2.37. The Morgan fingerprint density at radius 2 is 2.15 bits per heavy atom. The summed E-state index contributed by atoms with van der Waals surface area (Å²) >= 11 is 1.32. The molecule has 1 aliphatic rings. The summed E-state index contributed by atoms with van der Waals surface area (Å²) in [6.07, 6.45) is 2.94. The molecule has 0 radical (unpaired) electrons. The summed E-state index contributed by atoms with van der Waals surface area (Å²) in [4.78, 5) is 18.0. The van der Waals surface area contributed by atoms with Crippen LogP contribution in [0.1, 0.15) is 6.42 Å². The van der Waals surface area contributed by atoms with Crippen LogP contribution in [0.15, 0.2) is 33.9 Å². The molecule has 2 N–H and O–H groups in total. The number of nitrogens with zero attached hydrogens (tertiary/aromatic N) is 2. The minimum absolute atomic E-state index is 0.0322. The Hall–Kier alpha value is -1.65. The van der Waals surface area contributed by atoms with Crippen molar-refractivity contribution in [3.8, 4) is 0 Å². The molecule has 0 spiro atoms. The molecule has 10 heteroatoms. The number of amidine groups is 1. The Kier molecular flexibility index (Phi) is 11.0. The highest BCUT2D eigenvalue weighted by atomic mass is 32.2. The van der Waals surface area contributed by atoms with Gasteiger partial charge in [0.1, 0.15) is 17.7 Å². The van der Waals surface area contributed by atoms with Crippen molar-refractivity contribution < 1.29 is 22.7 Å². The second-order valence-electron chi connectivity index (χ2n) is 5.71. The van der Waals surface area contributed by atoms with Gasteiger partial charge >= 0.3 is 6.18 Å². The van der Waals surface area contributed by atoms with E-state index < -0.39 is 11.7 Å². The Balaban J connectivity index is 2.51. The molecular formula is C17H25F3N4O2S. The lowest BCUT2D eigenvalue weighted by atomic mass is 10.1. The average molecular weight is 406 g/mol. The number of nitrogens with one attached hydrogen (secondary N) is 2. The highest BCUT2D eigenvalue weighted by molar-refractivity contribution is 7.98. The van der Waals surface area contributed by atoms with E-state index in [9.17, 15) is 18.0 Å². The summed E-state index contributed by atoms with van der Waals surface area (Å²) < 4.78 is 44.9. The molecule has 0 bridgehead atoms. The fourth-order valence-corrected chi connectivity index (χ4v) is 2.50. The van der Waals surface area contributed by atoms with Crippen molar-refractivity contribution in [2.24, 2.45) is 15.9 Å². The first-order chi connectivity index (χ1) is 12.9. The number of rotatable bonds is 10. The number of carbonyl (C=O) groups excluding carboxylic acids is 1. The van der Waals surface area contributed by atoms with Gasteiger partial charge in [-0.05, 0) is 25.9 Å². The monoisotopic (exact) mass is 406 g/mol. The van der Waals surface area contributed by atoms with Crippen molar-refractivity contribution >= 4 is 30.6 Å². The minimum Gasteiger partial charge on any atom is -0.378 e. The third-order valence-electron chi connectivity index (χ3n) is 3.56. The summed E-state index contributed by atoms with van der Waals surface area (Å²) in [5, 5.41) is 5.97. The van der Waals surface area contributed by atoms with Crippen molar-refractivity contribution in [3.63, 3.8) is 0 Å². The summed E-state index contributed by atoms with van der Waals surface area (Å²) in [6.45, 7) is 4.77. The van der Waals surface area contributed by atoms with E-state index in [-0.39, 0.29) is 23.7 Å². The van der Waals surface area contributed by atoms with Gasteiger partial charge in [0.15, 0.2) is 0 Å². The van der Waals surface area contributed by atoms with E-state index in [0.717, 1.165) is 6.29 Å². The van der Waals surface area contributed by atoms with E-state index in [1.54, 1.807) is 12.3 Å². The van der Waals surface area contributed by atoms with Crippen LogP contribution in [0.3, 0.4) is 0 Å². The fraction of sp³-hybridized carbons (Fsp3) is 0.588. The lowest BCUT2D eigenvalue weighted by Crippen LogP contribution is -2.36. The van der Waals surface area contributed by atoms with Gasteiger partial charge in [-0.15, -0.1) is 11.8 Å². The molecule has 0 aromatic carbocycles. The maximum Gasteiger partial charge on any atom is 0.421 e. The first kappa shape index (κ1) is 23.4. The third kappa shape index (κ3) is 9.21. The Bertz CT molecular complexity index is 565. The largest absolute Gasteiger partial charge is 0.421 e. The fourth-order valence-electron chi connectivity index (χ4n) is 2.24. The topological polar surface area (TPSA) is 75.1 Å². The summed E-state index contributed by atoms with van der Waals surface area (Å²) in [7, 11) is 0. The van der Waals surface area contributed by atoms with E-state index in [1.807, 2.05) is 6.08 Å². The first-order valence-corrected chi connectivity index (χ1v) is 9.77. The van der Waals surface area contributed by atoms with Crippen LogP contribution in [0.25, 0.3) is 0 Å². The molecule has 0 aliphatic carbocycles. The molecule has 0 amide bonds. The molecule has 1 aliphatic heterocycles. The van der Waals surface area contributed by atoms with Gasteiger partial charge in [0.25, 0.3) is 0 Å². The van der Waals surface area contributed by atoms with Gasteiger partial charge in [0.2, 0.25) is 0 Å². The van der Waals surface area contributed by atoms with Gasteiger partial charge in [-0.1, -0.05) is 12.2 Å². The van der Waals surface area contributed by atoms with Gasteiger partial charge in [-0.25, -0.2) is 0 Å². The molecule has 0 aromatic heterocycles. The highest BCUT2D eigenvalue weighted by Crippen LogP contribution is 2.26. The number of aldehydes is 1. The first-order valence-electron chi connectivity index (χ1n) is 8.38. The van der Waals surface area contributed by atoms with Crippen LogP contribution in [0.4, 0.5) is 13.2 Å². The van der Waals surface area contributed by atoms with Crippen molar-refractivity contribution in [3.05, 3.63) is 23.9 Å². The SMILES string of the molecule is C=N/C=C(\C(=N/CSC)NCCCNC1C=CC(C=O)COC1)C(F)(F)F. The van der Waals surface area contributed by atoms with Gasteiger partial charge in [0.05, 0.1) is 25.0 Å². The Morgan fingerprint density at radius 1 is 1.37 bits per heavy atom. The lowest BCUT2D eigenvalue weighted by Gasteiger charge is -2.17. The second kappa shape index (κ2) is 12.7. The van der Waals surface area contributed by atoms with Gasteiger partial charge < -0.3 is 20.2 Å². The number of halogens is 3. The van der Waals surface area contributed by atoms with E-state index in [1.165, 1.54) is 11.8 Å². The molecule has 0 saturated carbocycles. The molecule has 27 heavy (non-hydrogen) atoms. The van der Waals surface area contributed by atoms with Crippen molar-refractivity contribution in [1.82, 2.24) is 10.6 Å². The molecule has 6 nitrogen and oxygen atoms in total. The number of carbonyl (C=O) groups is 1. The molecule has 0 fully saturated rings. The van der Waals surface area contributed by atoms with Crippen LogP contribution in [-0.2, 0) is 9.53 Å². The lowest BCUT2D eigenvalue weighted by molar-refractivity contribution is -0.111. The number of hydrogen-bond acceptors (Lipinski definition) is 6. The average Bonchev–Trinajstić information content (AvgIpc) is 2.86. The van der Waals surface area contributed by atoms with E-state index in [2.05, 4.69) is 27.3 Å². The quantitative estimate of drug-likeness (QED) is 0.191. The minimum atomic E-state index is -4.57. The predicted molar refractivity (Wildman–Crippen MR) is 103 cm³/mol. The normalized spacial score (nSPS) is 21.6. The number of aliphatic imine (C=N–C) groups is 2. The van der Waals surface area contributed by atoms with Crippen LogP contribution < -0.4 is 10.6 Å². The van der Waals surface area contributed by atoms with Crippen LogP contribution in [-0.4, -0.2) is 69.5 Å². The molecule has 1 rings (SSSR count). The molecule has 2 atom stereocenters. The standard InChI is InChI=1S/C17H25F3N4O2S/c1-21-8-15(17(18,19)20)16(24-12-27-2)23-7-3-6-22-14-5-4-13(9-25)10-26-11-14/h4-5,8-9,13-14,22H,1,3,6-7,10-12H2,2H3,(H,23,24)/b15-8+. The van der Waals surface area contributed by atoms with Crippen LogP contribution in [0.5, 0.6) is 0 Å². The molecule has 0 saturated heterocycles. The summed E-state index contributed by atoms with van der Waals surface area (Å²) in [5.74, 6) is -0.275. The van der Waals surface area contributed by atoms with Crippen LogP contribution in [0, 0.1) is 5.92 Å². The van der Waals surface area contributed by atoms with Crippen molar-refractivity contribution in [2.45, 2.75) is 18.6 Å².